The van der Waals surface area contributed by atoms with Crippen LogP contribution in [0.2, 0.25) is 0 Å². The van der Waals surface area contributed by atoms with E-state index in [1.807, 2.05) is 30.3 Å². The molecule has 0 spiro atoms. The summed E-state index contributed by atoms with van der Waals surface area (Å²) in [5.74, 6) is 0.310. The summed E-state index contributed by atoms with van der Waals surface area (Å²) < 4.78 is 30.9. The molecule has 0 unspecified atom stereocenters. The zero-order valence-electron chi connectivity index (χ0n) is 17.6. The molecule has 4 aromatic rings. The maximum absolute atomic E-state index is 13.6. The zero-order valence-corrected chi connectivity index (χ0v) is 19.2. The third-order valence-electron chi connectivity index (χ3n) is 4.97. The Morgan fingerprint density at radius 1 is 1.09 bits per heavy atom. The van der Waals surface area contributed by atoms with Gasteiger partial charge in [0.25, 0.3) is 5.91 Å². The fraction of sp³-hybridized carbons (Fsp3) is 0.174. The predicted molar refractivity (Wildman–Crippen MR) is 125 cm³/mol. The van der Waals surface area contributed by atoms with Crippen molar-refractivity contribution in [1.82, 2.24) is 9.97 Å². The zero-order chi connectivity index (χ0) is 22.7. The first-order valence-electron chi connectivity index (χ1n) is 9.89. The summed E-state index contributed by atoms with van der Waals surface area (Å²) in [5.41, 5.74) is 1.88. The third-order valence-corrected chi connectivity index (χ3v) is 7.76. The van der Waals surface area contributed by atoms with E-state index in [9.17, 15) is 13.2 Å². The van der Waals surface area contributed by atoms with Crippen LogP contribution in [-0.2, 0) is 16.4 Å². The summed E-state index contributed by atoms with van der Waals surface area (Å²) in [5, 5.41) is 0.513. The van der Waals surface area contributed by atoms with E-state index in [0.717, 1.165) is 15.8 Å². The summed E-state index contributed by atoms with van der Waals surface area (Å²) in [6.45, 7) is 1.85. The molecule has 0 N–H and O–H groups in total. The highest BCUT2D eigenvalue weighted by molar-refractivity contribution is 7.91. The molecule has 0 fully saturated rings. The molecule has 0 aliphatic rings. The summed E-state index contributed by atoms with van der Waals surface area (Å²) in [7, 11) is -1.85. The van der Waals surface area contributed by atoms with Crippen molar-refractivity contribution >= 4 is 42.4 Å². The van der Waals surface area contributed by atoms with Gasteiger partial charge in [0.1, 0.15) is 5.75 Å². The first kappa shape index (κ1) is 21.9. The molecular weight excluding hydrogens is 446 g/mol. The Labute approximate surface area is 190 Å². The SMILES string of the molecule is CCS(=O)(=O)c1cccc(C(=O)N(Cc2ccncc2)c2nc3cc(OC)ccc3s2)c1. The molecule has 9 heteroatoms. The minimum Gasteiger partial charge on any atom is -0.497 e. The standard InChI is InChI=1S/C23H21N3O4S2/c1-3-32(28,29)19-6-4-5-17(13-19)22(27)26(15-16-9-11-24-12-10-16)23-25-20-14-18(30-2)7-8-21(20)31-23/h4-14H,3,15H2,1-2H3. The van der Waals surface area contributed by atoms with Crippen molar-refractivity contribution < 1.29 is 17.9 Å². The second-order valence-electron chi connectivity index (χ2n) is 7.01. The number of amides is 1. The van der Waals surface area contributed by atoms with E-state index in [1.54, 1.807) is 43.5 Å². The van der Waals surface area contributed by atoms with Crippen LogP contribution in [0.25, 0.3) is 10.2 Å². The Morgan fingerprint density at radius 2 is 1.88 bits per heavy atom. The minimum absolute atomic E-state index is 0.0366. The molecular formula is C23H21N3O4S2. The lowest BCUT2D eigenvalue weighted by atomic mass is 10.2. The number of benzene rings is 2. The number of nitrogens with zero attached hydrogens (tertiary/aromatic N) is 3. The van der Waals surface area contributed by atoms with Gasteiger partial charge in [-0.05, 0) is 48.0 Å². The summed E-state index contributed by atoms with van der Waals surface area (Å²) in [6, 6.07) is 15.4. The molecule has 0 saturated carbocycles. The van der Waals surface area contributed by atoms with Crippen molar-refractivity contribution in [3.8, 4) is 5.75 Å². The summed E-state index contributed by atoms with van der Waals surface area (Å²) >= 11 is 1.39. The molecule has 4 rings (SSSR count). The van der Waals surface area contributed by atoms with Crippen LogP contribution in [0.4, 0.5) is 5.13 Å². The van der Waals surface area contributed by atoms with Gasteiger partial charge >= 0.3 is 0 Å². The number of ether oxygens (including phenoxy) is 1. The highest BCUT2D eigenvalue weighted by atomic mass is 32.2. The van der Waals surface area contributed by atoms with E-state index in [0.29, 0.717) is 10.9 Å². The first-order chi connectivity index (χ1) is 15.4. The molecule has 2 aromatic heterocycles. The normalized spacial score (nSPS) is 11.4. The molecule has 0 aliphatic heterocycles. The predicted octanol–water partition coefficient (Wildman–Crippen LogP) is 4.34. The summed E-state index contributed by atoms with van der Waals surface area (Å²) in [4.78, 5) is 24.0. The first-order valence-corrected chi connectivity index (χ1v) is 12.4. The molecule has 2 aromatic carbocycles. The van der Waals surface area contributed by atoms with Gasteiger partial charge in [-0.1, -0.05) is 24.3 Å². The van der Waals surface area contributed by atoms with Gasteiger partial charge < -0.3 is 4.74 Å². The number of anilines is 1. The van der Waals surface area contributed by atoms with Crippen LogP contribution >= 0.6 is 11.3 Å². The second-order valence-corrected chi connectivity index (χ2v) is 10.3. The molecule has 0 radical (unpaired) electrons. The molecule has 164 valence electrons. The molecule has 7 nitrogen and oxygen atoms in total. The summed E-state index contributed by atoms with van der Waals surface area (Å²) in [6.07, 6.45) is 3.32. The van der Waals surface area contributed by atoms with E-state index in [-0.39, 0.29) is 28.7 Å². The number of thiazole rings is 1. The van der Waals surface area contributed by atoms with Crippen molar-refractivity contribution in [1.29, 1.82) is 0 Å². The van der Waals surface area contributed by atoms with Gasteiger partial charge in [-0.25, -0.2) is 13.4 Å². The van der Waals surface area contributed by atoms with E-state index >= 15 is 0 Å². The Bertz CT molecular complexity index is 1370. The van der Waals surface area contributed by atoms with Gasteiger partial charge in [-0.3, -0.25) is 14.7 Å². The molecule has 0 bridgehead atoms. The van der Waals surface area contributed by atoms with Crippen molar-refractivity contribution in [2.45, 2.75) is 18.4 Å². The van der Waals surface area contributed by atoms with Gasteiger partial charge in [0, 0.05) is 24.0 Å². The quantitative estimate of drug-likeness (QED) is 0.402. The number of carbonyl (C=O) groups excluding carboxylic acids is 1. The van der Waals surface area contributed by atoms with E-state index in [1.165, 1.54) is 23.5 Å². The number of hydrogen-bond acceptors (Lipinski definition) is 7. The Balaban J connectivity index is 1.78. The van der Waals surface area contributed by atoms with Crippen molar-refractivity contribution in [2.75, 3.05) is 17.8 Å². The van der Waals surface area contributed by atoms with Gasteiger partial charge in [-0.15, -0.1) is 0 Å². The number of fused-ring (bicyclic) bond motifs is 1. The third kappa shape index (κ3) is 4.49. The highest BCUT2D eigenvalue weighted by Crippen LogP contribution is 2.33. The lowest BCUT2D eigenvalue weighted by molar-refractivity contribution is 0.0985. The topological polar surface area (TPSA) is 89.5 Å². The van der Waals surface area contributed by atoms with Crippen LogP contribution < -0.4 is 9.64 Å². The monoisotopic (exact) mass is 467 g/mol. The Morgan fingerprint density at radius 3 is 2.59 bits per heavy atom. The van der Waals surface area contributed by atoms with Crippen LogP contribution in [0, 0.1) is 0 Å². The lowest BCUT2D eigenvalue weighted by Crippen LogP contribution is -2.30. The molecule has 32 heavy (non-hydrogen) atoms. The van der Waals surface area contributed by atoms with Crippen LogP contribution in [-0.4, -0.2) is 37.2 Å². The van der Waals surface area contributed by atoms with Crippen LogP contribution in [0.5, 0.6) is 5.75 Å². The fourth-order valence-electron chi connectivity index (χ4n) is 3.18. The van der Waals surface area contributed by atoms with Crippen LogP contribution in [0.15, 0.2) is 71.9 Å². The number of sulfone groups is 1. The number of rotatable bonds is 7. The average Bonchev–Trinajstić information content (AvgIpc) is 3.25. The molecule has 0 atom stereocenters. The Hall–Kier alpha value is -3.30. The highest BCUT2D eigenvalue weighted by Gasteiger charge is 2.23. The second kappa shape index (κ2) is 9.05. The number of carbonyl (C=O) groups is 1. The maximum atomic E-state index is 13.6. The lowest BCUT2D eigenvalue weighted by Gasteiger charge is -2.20. The van der Waals surface area contributed by atoms with E-state index in [4.69, 9.17) is 4.74 Å². The van der Waals surface area contributed by atoms with E-state index < -0.39 is 9.84 Å². The maximum Gasteiger partial charge on any atom is 0.260 e. The number of methoxy groups -OCH3 is 1. The van der Waals surface area contributed by atoms with Gasteiger partial charge in [0.05, 0.1) is 34.5 Å². The van der Waals surface area contributed by atoms with Gasteiger partial charge in [0.2, 0.25) is 0 Å². The minimum atomic E-state index is -3.44. The molecule has 1 amide bonds. The Kier molecular flexibility index (Phi) is 6.20. The van der Waals surface area contributed by atoms with Crippen LogP contribution in [0.3, 0.4) is 0 Å². The average molecular weight is 468 g/mol. The molecule has 2 heterocycles. The van der Waals surface area contributed by atoms with Crippen LogP contribution in [0.1, 0.15) is 22.8 Å². The van der Waals surface area contributed by atoms with Crippen molar-refractivity contribution in [3.05, 3.63) is 78.1 Å². The van der Waals surface area contributed by atoms with E-state index in [2.05, 4.69) is 9.97 Å². The number of hydrogen-bond donors (Lipinski definition) is 0. The van der Waals surface area contributed by atoms with Gasteiger partial charge in [-0.2, -0.15) is 0 Å². The fourth-order valence-corrected chi connectivity index (χ4v) is 5.05. The van der Waals surface area contributed by atoms with Crippen molar-refractivity contribution in [3.63, 3.8) is 0 Å². The largest absolute Gasteiger partial charge is 0.497 e. The smallest absolute Gasteiger partial charge is 0.260 e. The van der Waals surface area contributed by atoms with Gasteiger partial charge in [0.15, 0.2) is 15.0 Å². The number of pyridine rings is 1. The molecule has 0 saturated heterocycles. The van der Waals surface area contributed by atoms with Crippen molar-refractivity contribution in [2.24, 2.45) is 0 Å². The molecule has 0 aliphatic carbocycles. The number of aromatic nitrogens is 2.